The summed E-state index contributed by atoms with van der Waals surface area (Å²) >= 11 is 9.24. The Balaban J connectivity index is 2.78. The number of benzene rings is 1. The van der Waals surface area contributed by atoms with Crippen LogP contribution in [0.1, 0.15) is 12.5 Å². The van der Waals surface area contributed by atoms with Crippen LogP contribution >= 0.6 is 27.5 Å². The fourth-order valence-electron chi connectivity index (χ4n) is 1.02. The van der Waals surface area contributed by atoms with E-state index in [1.165, 1.54) is 0 Å². The van der Waals surface area contributed by atoms with Gasteiger partial charge >= 0.3 is 0 Å². The highest BCUT2D eigenvalue weighted by Crippen LogP contribution is 2.23. The number of hydrogen-bond acceptors (Lipinski definition) is 1. The lowest BCUT2D eigenvalue weighted by atomic mass is 10.2. The molecule has 0 aromatic heterocycles. The molecule has 76 valence electrons. The van der Waals surface area contributed by atoms with Crippen molar-refractivity contribution in [1.82, 2.24) is 4.90 Å². The first-order valence-electron chi connectivity index (χ1n) is 4.16. The third-order valence-electron chi connectivity index (χ3n) is 1.94. The summed E-state index contributed by atoms with van der Waals surface area (Å²) in [5.74, 6) is 0.0454. The van der Waals surface area contributed by atoms with E-state index in [0.29, 0.717) is 11.6 Å². The summed E-state index contributed by atoms with van der Waals surface area (Å²) in [6.45, 7) is 2.13. The van der Waals surface area contributed by atoms with Crippen LogP contribution in [0.15, 0.2) is 22.7 Å². The third-order valence-corrected chi connectivity index (χ3v) is 3.17. The molecule has 0 saturated heterocycles. The highest BCUT2D eigenvalue weighted by Gasteiger charge is 2.04. The van der Waals surface area contributed by atoms with Crippen molar-refractivity contribution in [2.45, 2.75) is 13.5 Å². The van der Waals surface area contributed by atoms with E-state index in [1.54, 1.807) is 18.9 Å². The van der Waals surface area contributed by atoms with E-state index in [9.17, 15) is 4.79 Å². The van der Waals surface area contributed by atoms with Gasteiger partial charge < -0.3 is 4.90 Å². The molecule has 0 heterocycles. The lowest BCUT2D eigenvalue weighted by molar-refractivity contribution is -0.128. The third kappa shape index (κ3) is 3.00. The molecule has 2 nitrogen and oxygen atoms in total. The average molecular weight is 277 g/mol. The normalized spacial score (nSPS) is 10.0. The van der Waals surface area contributed by atoms with Crippen molar-refractivity contribution in [1.29, 1.82) is 0 Å². The molecular weight excluding hydrogens is 265 g/mol. The molecule has 1 aromatic carbocycles. The largest absolute Gasteiger partial charge is 0.342 e. The van der Waals surface area contributed by atoms with Crippen LogP contribution in [0.25, 0.3) is 0 Å². The van der Waals surface area contributed by atoms with Crippen LogP contribution in [0, 0.1) is 0 Å². The standard InChI is InChI=1S/C10H11BrClNO/c1-7(14)13(2)6-8-3-4-9(11)10(12)5-8/h3-5H,6H2,1-2H3. The summed E-state index contributed by atoms with van der Waals surface area (Å²) in [4.78, 5) is 12.6. The number of nitrogens with zero attached hydrogens (tertiary/aromatic N) is 1. The van der Waals surface area contributed by atoms with Gasteiger partial charge in [0.05, 0.1) is 5.02 Å². The van der Waals surface area contributed by atoms with Gasteiger partial charge in [-0.2, -0.15) is 0 Å². The Morgan fingerprint density at radius 2 is 2.21 bits per heavy atom. The van der Waals surface area contributed by atoms with Gasteiger partial charge in [0.2, 0.25) is 5.91 Å². The summed E-state index contributed by atoms with van der Waals surface area (Å²) in [6.07, 6.45) is 0. The fourth-order valence-corrected chi connectivity index (χ4v) is 1.47. The molecule has 1 rings (SSSR count). The second-order valence-corrected chi connectivity index (χ2v) is 4.39. The van der Waals surface area contributed by atoms with Crippen molar-refractivity contribution < 1.29 is 4.79 Å². The van der Waals surface area contributed by atoms with E-state index >= 15 is 0 Å². The molecule has 0 aliphatic rings. The molecule has 4 heteroatoms. The first-order valence-corrected chi connectivity index (χ1v) is 5.33. The minimum Gasteiger partial charge on any atom is -0.342 e. The molecule has 0 unspecified atom stereocenters. The highest BCUT2D eigenvalue weighted by molar-refractivity contribution is 9.10. The van der Waals surface area contributed by atoms with Gasteiger partial charge in [0.1, 0.15) is 0 Å². The molecule has 0 radical (unpaired) electrons. The van der Waals surface area contributed by atoms with Crippen LogP contribution in [0.5, 0.6) is 0 Å². The number of halogens is 2. The first kappa shape index (κ1) is 11.5. The van der Waals surface area contributed by atoms with Crippen molar-refractivity contribution in [2.75, 3.05) is 7.05 Å². The summed E-state index contributed by atoms with van der Waals surface area (Å²) in [6, 6.07) is 5.67. The monoisotopic (exact) mass is 275 g/mol. The van der Waals surface area contributed by atoms with Gasteiger partial charge in [-0.25, -0.2) is 0 Å². The molecular formula is C10H11BrClNO. The maximum absolute atomic E-state index is 11.0. The molecule has 0 atom stereocenters. The summed E-state index contributed by atoms with van der Waals surface area (Å²) < 4.78 is 0.869. The quantitative estimate of drug-likeness (QED) is 0.813. The fraction of sp³-hybridized carbons (Fsp3) is 0.300. The van der Waals surface area contributed by atoms with Crippen LogP contribution in [0.2, 0.25) is 5.02 Å². The maximum atomic E-state index is 11.0. The van der Waals surface area contributed by atoms with Crippen LogP contribution in [-0.4, -0.2) is 17.9 Å². The molecule has 1 aromatic rings. The van der Waals surface area contributed by atoms with Crippen molar-refractivity contribution in [3.05, 3.63) is 33.3 Å². The maximum Gasteiger partial charge on any atom is 0.219 e. The van der Waals surface area contributed by atoms with Gasteiger partial charge in [-0.3, -0.25) is 4.79 Å². The predicted octanol–water partition coefficient (Wildman–Crippen LogP) is 3.08. The van der Waals surface area contributed by atoms with E-state index < -0.39 is 0 Å². The van der Waals surface area contributed by atoms with Gasteiger partial charge in [-0.15, -0.1) is 0 Å². The zero-order valence-electron chi connectivity index (χ0n) is 8.05. The number of carbonyl (C=O) groups is 1. The second kappa shape index (κ2) is 4.80. The van der Waals surface area contributed by atoms with Gasteiger partial charge in [0.15, 0.2) is 0 Å². The SMILES string of the molecule is CC(=O)N(C)Cc1ccc(Br)c(Cl)c1. The Morgan fingerprint density at radius 3 is 2.71 bits per heavy atom. The number of rotatable bonds is 2. The molecule has 0 aliphatic heterocycles. The molecule has 14 heavy (non-hydrogen) atoms. The van der Waals surface area contributed by atoms with Gasteiger partial charge in [-0.1, -0.05) is 17.7 Å². The molecule has 0 aliphatic carbocycles. The minimum absolute atomic E-state index is 0.0454. The van der Waals surface area contributed by atoms with Crippen molar-refractivity contribution in [3.63, 3.8) is 0 Å². The molecule has 0 N–H and O–H groups in total. The second-order valence-electron chi connectivity index (χ2n) is 3.12. The van der Waals surface area contributed by atoms with Crippen molar-refractivity contribution in [3.8, 4) is 0 Å². The van der Waals surface area contributed by atoms with Crippen molar-refractivity contribution in [2.24, 2.45) is 0 Å². The van der Waals surface area contributed by atoms with Crippen LogP contribution < -0.4 is 0 Å². The average Bonchev–Trinajstić information content (AvgIpc) is 2.11. The molecule has 1 amide bonds. The summed E-state index contributed by atoms with van der Waals surface area (Å²) in [5, 5.41) is 0.666. The Bertz CT molecular complexity index is 354. The summed E-state index contributed by atoms with van der Waals surface area (Å²) in [7, 11) is 1.76. The number of carbonyl (C=O) groups excluding carboxylic acids is 1. The highest BCUT2D eigenvalue weighted by atomic mass is 79.9. The van der Waals surface area contributed by atoms with Gasteiger partial charge in [-0.05, 0) is 33.6 Å². The smallest absolute Gasteiger partial charge is 0.219 e. The van der Waals surface area contributed by atoms with E-state index in [-0.39, 0.29) is 5.91 Å². The van der Waals surface area contributed by atoms with E-state index in [2.05, 4.69) is 15.9 Å². The minimum atomic E-state index is 0.0454. The number of hydrogen-bond donors (Lipinski definition) is 0. The lowest BCUT2D eigenvalue weighted by Gasteiger charge is -2.14. The molecule has 0 fully saturated rings. The lowest BCUT2D eigenvalue weighted by Crippen LogP contribution is -2.22. The predicted molar refractivity (Wildman–Crippen MR) is 61.3 cm³/mol. The van der Waals surface area contributed by atoms with E-state index in [1.807, 2.05) is 18.2 Å². The van der Waals surface area contributed by atoms with E-state index in [4.69, 9.17) is 11.6 Å². The molecule has 0 spiro atoms. The Morgan fingerprint density at radius 1 is 1.57 bits per heavy atom. The number of amides is 1. The Labute approximate surface area is 97.0 Å². The zero-order chi connectivity index (χ0) is 10.7. The first-order chi connectivity index (χ1) is 6.50. The topological polar surface area (TPSA) is 20.3 Å². The Hall–Kier alpha value is -0.540. The van der Waals surface area contributed by atoms with Gasteiger partial charge in [0, 0.05) is 25.0 Å². The zero-order valence-corrected chi connectivity index (χ0v) is 10.4. The van der Waals surface area contributed by atoms with Gasteiger partial charge in [0.25, 0.3) is 0 Å². The van der Waals surface area contributed by atoms with Crippen LogP contribution in [0.4, 0.5) is 0 Å². The van der Waals surface area contributed by atoms with E-state index in [0.717, 1.165) is 10.0 Å². The Kier molecular flexibility index (Phi) is 3.96. The summed E-state index contributed by atoms with van der Waals surface area (Å²) in [5.41, 5.74) is 1.02. The van der Waals surface area contributed by atoms with Crippen molar-refractivity contribution >= 4 is 33.4 Å². The molecule has 0 saturated carbocycles. The molecule has 0 bridgehead atoms. The van der Waals surface area contributed by atoms with Crippen LogP contribution in [-0.2, 0) is 11.3 Å². The van der Waals surface area contributed by atoms with Crippen LogP contribution in [0.3, 0.4) is 0 Å².